The highest BCUT2D eigenvalue weighted by Crippen LogP contribution is 2.38. The summed E-state index contributed by atoms with van der Waals surface area (Å²) >= 11 is 6.86. The number of rotatable bonds is 5. The van der Waals surface area contributed by atoms with Crippen molar-refractivity contribution in [2.45, 2.75) is 18.9 Å². The number of amides is 1. The largest absolute Gasteiger partial charge is 0.486 e. The molecular weight excluding hydrogens is 482 g/mol. The Bertz CT molecular complexity index is 1320. The molecule has 3 aliphatic heterocycles. The van der Waals surface area contributed by atoms with Crippen molar-refractivity contribution in [1.29, 1.82) is 0 Å². The van der Waals surface area contributed by atoms with Crippen molar-refractivity contribution in [2.75, 3.05) is 26.4 Å². The number of carbonyl (C=O) groups excluding carboxylic acids is 1. The molecule has 1 unspecified atom stereocenters. The van der Waals surface area contributed by atoms with E-state index in [9.17, 15) is 4.79 Å². The molecular formula is C26H23N3O4S2. The van der Waals surface area contributed by atoms with E-state index in [-0.39, 0.29) is 12.0 Å². The molecule has 0 saturated carbocycles. The van der Waals surface area contributed by atoms with Crippen molar-refractivity contribution in [3.05, 3.63) is 65.2 Å². The maximum Gasteiger partial charge on any atom is 0.266 e. The van der Waals surface area contributed by atoms with Gasteiger partial charge in [0.25, 0.3) is 5.91 Å². The average molecular weight is 506 g/mol. The molecule has 6 rings (SSSR count). The highest BCUT2D eigenvalue weighted by molar-refractivity contribution is 8.26. The molecule has 2 aromatic carbocycles. The minimum absolute atomic E-state index is 0.0472. The van der Waals surface area contributed by atoms with Crippen LogP contribution in [0.2, 0.25) is 0 Å². The molecule has 2 fully saturated rings. The second-order valence-corrected chi connectivity index (χ2v) is 10.2. The molecule has 0 aliphatic carbocycles. The van der Waals surface area contributed by atoms with Crippen molar-refractivity contribution in [1.82, 2.24) is 14.7 Å². The van der Waals surface area contributed by atoms with Crippen molar-refractivity contribution in [2.24, 2.45) is 0 Å². The zero-order valence-electron chi connectivity index (χ0n) is 18.9. The first kappa shape index (κ1) is 22.3. The summed E-state index contributed by atoms with van der Waals surface area (Å²) in [5.74, 6) is 1.33. The Morgan fingerprint density at radius 1 is 1.09 bits per heavy atom. The van der Waals surface area contributed by atoms with E-state index in [4.69, 9.17) is 31.5 Å². The van der Waals surface area contributed by atoms with E-state index in [0.29, 0.717) is 34.7 Å². The number of thioether (sulfide) groups is 1. The van der Waals surface area contributed by atoms with Gasteiger partial charge in [0.1, 0.15) is 23.2 Å². The fourth-order valence-corrected chi connectivity index (χ4v) is 5.68. The van der Waals surface area contributed by atoms with Crippen LogP contribution in [0.15, 0.2) is 59.6 Å². The lowest BCUT2D eigenvalue weighted by Crippen LogP contribution is -2.35. The third kappa shape index (κ3) is 4.47. The van der Waals surface area contributed by atoms with Crippen molar-refractivity contribution in [3.63, 3.8) is 0 Å². The Hall–Kier alpha value is -3.14. The van der Waals surface area contributed by atoms with Gasteiger partial charge in [-0.15, -0.1) is 0 Å². The average Bonchev–Trinajstić information content (AvgIpc) is 3.62. The zero-order valence-corrected chi connectivity index (χ0v) is 20.5. The molecule has 9 heteroatoms. The Morgan fingerprint density at radius 2 is 1.91 bits per heavy atom. The summed E-state index contributed by atoms with van der Waals surface area (Å²) in [6.07, 6.45) is 5.84. The van der Waals surface area contributed by atoms with Crippen LogP contribution in [-0.4, -0.2) is 57.4 Å². The number of thiocarbonyl (C=S) groups is 1. The van der Waals surface area contributed by atoms with Crippen LogP contribution in [0.1, 0.15) is 18.4 Å². The number of aromatic nitrogens is 2. The molecule has 0 bridgehead atoms. The monoisotopic (exact) mass is 505 g/mol. The van der Waals surface area contributed by atoms with Crippen LogP contribution in [0.3, 0.4) is 0 Å². The summed E-state index contributed by atoms with van der Waals surface area (Å²) in [5, 5.41) is 4.88. The van der Waals surface area contributed by atoms with Crippen LogP contribution < -0.4 is 9.47 Å². The fourth-order valence-electron chi connectivity index (χ4n) is 4.41. The zero-order chi connectivity index (χ0) is 23.8. The predicted molar refractivity (Wildman–Crippen MR) is 139 cm³/mol. The maximum absolute atomic E-state index is 13.3. The first-order chi connectivity index (χ1) is 17.2. The van der Waals surface area contributed by atoms with Gasteiger partial charge in [0.2, 0.25) is 0 Å². The third-order valence-electron chi connectivity index (χ3n) is 6.15. The van der Waals surface area contributed by atoms with Gasteiger partial charge in [-0.2, -0.15) is 5.10 Å². The predicted octanol–water partition coefficient (Wildman–Crippen LogP) is 4.69. The van der Waals surface area contributed by atoms with Gasteiger partial charge in [0, 0.05) is 23.9 Å². The lowest BCUT2D eigenvalue weighted by atomic mass is 10.1. The summed E-state index contributed by atoms with van der Waals surface area (Å²) in [6.45, 7) is 2.29. The summed E-state index contributed by atoms with van der Waals surface area (Å²) in [4.78, 5) is 15.5. The molecule has 3 aliphatic rings. The Morgan fingerprint density at radius 3 is 2.71 bits per heavy atom. The van der Waals surface area contributed by atoms with E-state index < -0.39 is 0 Å². The van der Waals surface area contributed by atoms with Crippen LogP contribution >= 0.6 is 24.0 Å². The quantitative estimate of drug-likeness (QED) is 0.368. The van der Waals surface area contributed by atoms with E-state index in [1.165, 1.54) is 11.8 Å². The second-order valence-electron chi connectivity index (χ2n) is 8.50. The van der Waals surface area contributed by atoms with Crippen LogP contribution in [0, 0.1) is 0 Å². The Labute approximate surface area is 212 Å². The Kier molecular flexibility index (Phi) is 6.05. The standard InChI is InChI=1S/C26H23N3O4S2/c30-25-23(35-26(34)28(25)16-20-7-4-10-31-20)14-18-15-29(19-5-2-1-3-6-19)27-24(18)17-8-9-21-22(13-17)33-12-11-32-21/h1-3,5-6,8-9,13-15,20H,4,7,10-12,16H2. The smallest absolute Gasteiger partial charge is 0.266 e. The molecule has 1 amide bonds. The molecule has 7 nitrogen and oxygen atoms in total. The second kappa shape index (κ2) is 9.49. The Balaban J connectivity index is 1.38. The number of fused-ring (bicyclic) bond motifs is 1. The topological polar surface area (TPSA) is 65.8 Å². The normalized spacial score (nSPS) is 20.7. The summed E-state index contributed by atoms with van der Waals surface area (Å²) in [6, 6.07) is 15.7. The maximum atomic E-state index is 13.3. The van der Waals surface area contributed by atoms with Gasteiger partial charge in [0.15, 0.2) is 11.5 Å². The molecule has 35 heavy (non-hydrogen) atoms. The number of ether oxygens (including phenoxy) is 3. The molecule has 4 heterocycles. The number of benzene rings is 2. The van der Waals surface area contributed by atoms with Crippen molar-refractivity contribution < 1.29 is 19.0 Å². The molecule has 2 saturated heterocycles. The first-order valence-corrected chi connectivity index (χ1v) is 12.8. The summed E-state index contributed by atoms with van der Waals surface area (Å²) in [5.41, 5.74) is 3.38. The number of carbonyl (C=O) groups is 1. The van der Waals surface area contributed by atoms with Gasteiger partial charge in [0.05, 0.1) is 23.2 Å². The molecule has 1 aromatic heterocycles. The van der Waals surface area contributed by atoms with Crippen LogP contribution in [0.25, 0.3) is 23.0 Å². The molecule has 0 radical (unpaired) electrons. The lowest BCUT2D eigenvalue weighted by molar-refractivity contribution is -0.123. The highest BCUT2D eigenvalue weighted by atomic mass is 32.2. The van der Waals surface area contributed by atoms with Crippen molar-refractivity contribution in [3.8, 4) is 28.4 Å². The number of hydrogen-bond acceptors (Lipinski definition) is 7. The van der Waals surface area contributed by atoms with Gasteiger partial charge in [-0.25, -0.2) is 4.68 Å². The third-order valence-corrected chi connectivity index (χ3v) is 7.53. The van der Waals surface area contributed by atoms with Gasteiger partial charge in [-0.1, -0.05) is 42.2 Å². The lowest BCUT2D eigenvalue weighted by Gasteiger charge is -2.18. The minimum Gasteiger partial charge on any atom is -0.486 e. The molecule has 1 atom stereocenters. The molecule has 0 spiro atoms. The van der Waals surface area contributed by atoms with E-state index in [0.717, 1.165) is 47.7 Å². The summed E-state index contributed by atoms with van der Waals surface area (Å²) < 4.78 is 19.6. The number of hydrogen-bond donors (Lipinski definition) is 0. The van der Waals surface area contributed by atoms with E-state index in [2.05, 4.69) is 0 Å². The molecule has 3 aromatic rings. The van der Waals surface area contributed by atoms with E-state index >= 15 is 0 Å². The van der Waals surface area contributed by atoms with Gasteiger partial charge in [-0.3, -0.25) is 9.69 Å². The van der Waals surface area contributed by atoms with Crippen LogP contribution in [-0.2, 0) is 9.53 Å². The van der Waals surface area contributed by atoms with Crippen LogP contribution in [0.5, 0.6) is 11.5 Å². The van der Waals surface area contributed by atoms with Gasteiger partial charge >= 0.3 is 0 Å². The molecule has 178 valence electrons. The SMILES string of the molecule is O=C1C(=Cc2cn(-c3ccccc3)nc2-c2ccc3c(c2)OCCO3)SC(=S)N1CC1CCCO1. The number of para-hydroxylation sites is 1. The van der Waals surface area contributed by atoms with E-state index in [1.54, 1.807) is 4.90 Å². The first-order valence-electron chi connectivity index (χ1n) is 11.6. The summed E-state index contributed by atoms with van der Waals surface area (Å²) in [7, 11) is 0. The van der Waals surface area contributed by atoms with Crippen molar-refractivity contribution >= 4 is 40.3 Å². The van der Waals surface area contributed by atoms with E-state index in [1.807, 2.05) is 65.5 Å². The minimum atomic E-state index is -0.0870. The van der Waals surface area contributed by atoms with Gasteiger partial charge < -0.3 is 14.2 Å². The fraction of sp³-hybridized carbons (Fsp3) is 0.269. The van der Waals surface area contributed by atoms with Crippen LogP contribution in [0.4, 0.5) is 0 Å². The van der Waals surface area contributed by atoms with Gasteiger partial charge in [-0.05, 0) is 49.2 Å². The number of nitrogens with zero attached hydrogens (tertiary/aromatic N) is 3. The highest BCUT2D eigenvalue weighted by Gasteiger charge is 2.35. The molecule has 0 N–H and O–H groups in total.